The third-order valence-electron chi connectivity index (χ3n) is 6.97. The highest BCUT2D eigenvalue weighted by Gasteiger charge is 2.48. The van der Waals surface area contributed by atoms with E-state index >= 15 is 0 Å². The maximum atomic E-state index is 13.8. The molecule has 37 heavy (non-hydrogen) atoms. The van der Waals surface area contributed by atoms with Crippen molar-refractivity contribution in [3.8, 4) is 0 Å². The summed E-state index contributed by atoms with van der Waals surface area (Å²) in [4.78, 5) is 45.1. The minimum atomic E-state index is -2.91. The predicted octanol–water partition coefficient (Wildman–Crippen LogP) is 3.19. The maximum Gasteiger partial charge on any atom is 0.411 e. The van der Waals surface area contributed by atoms with Gasteiger partial charge in [-0.25, -0.2) is 18.4 Å². The molecule has 3 saturated heterocycles. The molecular weight excluding hydrogens is 486 g/mol. The van der Waals surface area contributed by atoms with Crippen LogP contribution in [-0.4, -0.2) is 107 Å². The van der Waals surface area contributed by atoms with Crippen molar-refractivity contribution >= 4 is 18.1 Å². The normalized spacial score (nSPS) is 24.3. The molecule has 3 aliphatic heterocycles. The first-order chi connectivity index (χ1) is 17.4. The van der Waals surface area contributed by atoms with E-state index in [4.69, 9.17) is 9.47 Å². The van der Waals surface area contributed by atoms with Crippen LogP contribution < -0.4 is 0 Å². The highest BCUT2D eigenvalue weighted by Crippen LogP contribution is 2.31. The molecule has 0 radical (unpaired) electrons. The van der Waals surface area contributed by atoms with Gasteiger partial charge in [-0.3, -0.25) is 14.6 Å². The van der Waals surface area contributed by atoms with Gasteiger partial charge < -0.3 is 19.3 Å². The Hall–Kier alpha value is -2.95. The summed E-state index contributed by atoms with van der Waals surface area (Å²) in [5, 5.41) is 0. The summed E-state index contributed by atoms with van der Waals surface area (Å²) in [6.45, 7) is 7.04. The van der Waals surface area contributed by atoms with Crippen molar-refractivity contribution in [2.45, 2.75) is 63.8 Å². The van der Waals surface area contributed by atoms with E-state index < -0.39 is 36.1 Å². The molecule has 0 bridgehead atoms. The van der Waals surface area contributed by atoms with Crippen LogP contribution in [0, 0.1) is 0 Å². The minimum absolute atomic E-state index is 0.0288. The molecule has 3 fully saturated rings. The number of benzene rings is 1. The minimum Gasteiger partial charge on any atom is -0.445 e. The highest BCUT2D eigenvalue weighted by atomic mass is 19.3. The van der Waals surface area contributed by atoms with Gasteiger partial charge in [-0.15, -0.1) is 0 Å². The van der Waals surface area contributed by atoms with Crippen LogP contribution in [0.3, 0.4) is 0 Å². The average Bonchev–Trinajstić information content (AvgIpc) is 3.45. The van der Waals surface area contributed by atoms with E-state index in [0.29, 0.717) is 32.6 Å². The van der Waals surface area contributed by atoms with Crippen molar-refractivity contribution in [1.29, 1.82) is 0 Å². The zero-order chi connectivity index (χ0) is 26.8. The first-order valence-electron chi connectivity index (χ1n) is 12.8. The summed E-state index contributed by atoms with van der Waals surface area (Å²) in [5.41, 5.74) is 0.156. The lowest BCUT2D eigenvalue weighted by atomic mass is 10.1. The Kier molecular flexibility index (Phi) is 7.91. The summed E-state index contributed by atoms with van der Waals surface area (Å²) in [5.74, 6) is -3.37. The number of hydrogen-bond acceptors (Lipinski definition) is 6. The zero-order valence-electron chi connectivity index (χ0n) is 21.7. The molecule has 2 atom stereocenters. The summed E-state index contributed by atoms with van der Waals surface area (Å²) < 4.78 is 38.5. The van der Waals surface area contributed by atoms with Crippen LogP contribution in [0.25, 0.3) is 0 Å². The molecule has 0 N–H and O–H groups in total. The van der Waals surface area contributed by atoms with Crippen molar-refractivity contribution in [3.63, 3.8) is 0 Å². The smallest absolute Gasteiger partial charge is 0.411 e. The van der Waals surface area contributed by atoms with Gasteiger partial charge in [-0.1, -0.05) is 30.3 Å². The fraction of sp³-hybridized carbons (Fsp3) is 0.654. The average molecular weight is 523 g/mol. The Morgan fingerprint density at radius 2 is 1.65 bits per heavy atom. The van der Waals surface area contributed by atoms with Crippen LogP contribution in [0.1, 0.15) is 39.2 Å². The molecule has 0 saturated carbocycles. The van der Waals surface area contributed by atoms with Crippen LogP contribution in [0.4, 0.5) is 18.4 Å². The van der Waals surface area contributed by atoms with Crippen molar-refractivity contribution in [2.75, 3.05) is 45.8 Å². The second-order valence-corrected chi connectivity index (χ2v) is 11.0. The second kappa shape index (κ2) is 10.8. The van der Waals surface area contributed by atoms with E-state index in [1.807, 2.05) is 30.3 Å². The monoisotopic (exact) mass is 522 g/mol. The molecule has 0 spiro atoms. The number of ether oxygens (including phenoxy) is 2. The van der Waals surface area contributed by atoms with Crippen LogP contribution in [0.2, 0.25) is 0 Å². The number of likely N-dealkylation sites (tertiary alicyclic amines) is 2. The van der Waals surface area contributed by atoms with Gasteiger partial charge in [-0.05, 0) is 32.8 Å². The number of alkyl halides is 2. The van der Waals surface area contributed by atoms with Crippen molar-refractivity contribution in [2.24, 2.45) is 0 Å². The number of nitrogens with zero attached hydrogens (tertiary/aromatic N) is 4. The standard InChI is InChI=1S/C26H36F2N4O5/c1-25(2,3)37-24(35)32-16-20(15-21(32)22(33)31-10-9-26(27,28)18-31)29-11-13-30(14-12-29)23(34)36-17-19-7-5-4-6-8-19/h4-8,20-21H,9-18H2,1-3H3/t20-,21-/m0/s1. The molecular formula is C26H36F2N4O5. The predicted molar refractivity (Wildman–Crippen MR) is 131 cm³/mol. The first kappa shape index (κ1) is 27.1. The zero-order valence-corrected chi connectivity index (χ0v) is 21.7. The van der Waals surface area contributed by atoms with Gasteiger partial charge in [0.25, 0.3) is 5.92 Å². The number of piperazine rings is 1. The topological polar surface area (TPSA) is 82.6 Å². The van der Waals surface area contributed by atoms with Gasteiger partial charge in [0.15, 0.2) is 0 Å². The van der Waals surface area contributed by atoms with Crippen LogP contribution in [-0.2, 0) is 20.9 Å². The van der Waals surface area contributed by atoms with Crippen molar-refractivity contribution < 1.29 is 32.6 Å². The Balaban J connectivity index is 1.36. The van der Waals surface area contributed by atoms with Gasteiger partial charge in [0.1, 0.15) is 18.2 Å². The third-order valence-corrected chi connectivity index (χ3v) is 6.97. The fourth-order valence-corrected chi connectivity index (χ4v) is 5.05. The molecule has 1 aromatic carbocycles. The Morgan fingerprint density at radius 3 is 2.24 bits per heavy atom. The van der Waals surface area contributed by atoms with Gasteiger partial charge in [0.2, 0.25) is 5.91 Å². The molecule has 3 amide bonds. The quantitative estimate of drug-likeness (QED) is 0.604. The summed E-state index contributed by atoms with van der Waals surface area (Å²) in [6.07, 6.45) is -1.04. The third kappa shape index (κ3) is 6.88. The number of hydrogen-bond donors (Lipinski definition) is 0. The van der Waals surface area contributed by atoms with Gasteiger partial charge in [0.05, 0.1) is 6.54 Å². The molecule has 1 aromatic rings. The molecule has 0 aromatic heterocycles. The largest absolute Gasteiger partial charge is 0.445 e. The lowest BCUT2D eigenvalue weighted by molar-refractivity contribution is -0.136. The number of amides is 3. The number of halogens is 2. The number of rotatable bonds is 4. The molecule has 9 nitrogen and oxygen atoms in total. The lowest BCUT2D eigenvalue weighted by Gasteiger charge is -2.37. The Bertz CT molecular complexity index is 979. The lowest BCUT2D eigenvalue weighted by Crippen LogP contribution is -2.52. The highest BCUT2D eigenvalue weighted by molar-refractivity contribution is 5.87. The van der Waals surface area contributed by atoms with Crippen molar-refractivity contribution in [1.82, 2.24) is 19.6 Å². The van der Waals surface area contributed by atoms with E-state index in [2.05, 4.69) is 4.90 Å². The summed E-state index contributed by atoms with van der Waals surface area (Å²) in [6, 6.07) is 8.45. The van der Waals surface area contributed by atoms with Crippen LogP contribution >= 0.6 is 0 Å². The molecule has 204 valence electrons. The summed E-state index contributed by atoms with van der Waals surface area (Å²) in [7, 11) is 0. The van der Waals surface area contributed by atoms with Crippen molar-refractivity contribution in [3.05, 3.63) is 35.9 Å². The molecule has 0 unspecified atom stereocenters. The van der Waals surface area contributed by atoms with Crippen LogP contribution in [0.5, 0.6) is 0 Å². The molecule has 11 heteroatoms. The van der Waals surface area contributed by atoms with E-state index in [-0.39, 0.29) is 38.3 Å². The number of carbonyl (C=O) groups is 3. The van der Waals surface area contributed by atoms with E-state index in [1.54, 1.807) is 25.7 Å². The Morgan fingerprint density at radius 1 is 0.973 bits per heavy atom. The van der Waals surface area contributed by atoms with E-state index in [0.717, 1.165) is 10.5 Å². The molecule has 3 aliphatic rings. The van der Waals surface area contributed by atoms with Crippen LogP contribution in [0.15, 0.2) is 30.3 Å². The fourth-order valence-electron chi connectivity index (χ4n) is 5.05. The van der Waals surface area contributed by atoms with Gasteiger partial charge >= 0.3 is 12.2 Å². The summed E-state index contributed by atoms with van der Waals surface area (Å²) >= 11 is 0. The molecule has 4 rings (SSSR count). The van der Waals surface area contributed by atoms with E-state index in [9.17, 15) is 23.2 Å². The molecule has 0 aliphatic carbocycles. The van der Waals surface area contributed by atoms with Gasteiger partial charge in [0, 0.05) is 51.7 Å². The SMILES string of the molecule is CC(C)(C)OC(=O)N1C[C@@H](N2CCN(C(=O)OCc3ccccc3)CC2)C[C@H]1C(=O)N1CCC(F)(F)C1. The first-order valence-corrected chi connectivity index (χ1v) is 12.8. The maximum absolute atomic E-state index is 13.8. The molecule has 3 heterocycles. The second-order valence-electron chi connectivity index (χ2n) is 11.0. The van der Waals surface area contributed by atoms with E-state index in [1.165, 1.54) is 4.90 Å². The number of carbonyl (C=O) groups excluding carboxylic acids is 3. The van der Waals surface area contributed by atoms with Gasteiger partial charge in [-0.2, -0.15) is 0 Å². The Labute approximate surface area is 216 Å².